The van der Waals surface area contributed by atoms with Crippen LogP contribution in [0.5, 0.6) is 0 Å². The molecular weight excluding hydrogens is 437 g/mol. The number of halogens is 1. The van der Waals surface area contributed by atoms with E-state index in [0.717, 1.165) is 44.3 Å². The van der Waals surface area contributed by atoms with Gasteiger partial charge in [0.1, 0.15) is 18.1 Å². The van der Waals surface area contributed by atoms with Crippen molar-refractivity contribution in [3.05, 3.63) is 53.0 Å². The fraction of sp³-hybridized carbons (Fsp3) is 0.577. The topological polar surface area (TPSA) is 95.7 Å². The van der Waals surface area contributed by atoms with E-state index in [9.17, 15) is 14.0 Å². The van der Waals surface area contributed by atoms with Crippen molar-refractivity contribution >= 4 is 11.9 Å². The quantitative estimate of drug-likeness (QED) is 0.370. The van der Waals surface area contributed by atoms with Gasteiger partial charge in [0.2, 0.25) is 5.89 Å². The second-order valence-electron chi connectivity index (χ2n) is 8.98. The normalized spacial score (nSPS) is 14.9. The van der Waals surface area contributed by atoms with Crippen molar-refractivity contribution in [2.24, 2.45) is 0 Å². The number of carbonyl (C=O) groups is 2. The van der Waals surface area contributed by atoms with Crippen LogP contribution in [-0.2, 0) is 11.2 Å². The van der Waals surface area contributed by atoms with E-state index >= 15 is 0 Å². The summed E-state index contributed by atoms with van der Waals surface area (Å²) in [6.07, 6.45) is 10.4. The third kappa shape index (κ3) is 7.38. The third-order valence-corrected chi connectivity index (χ3v) is 6.32. The van der Waals surface area contributed by atoms with E-state index in [-0.39, 0.29) is 24.4 Å². The van der Waals surface area contributed by atoms with Gasteiger partial charge in [-0.15, -0.1) is 0 Å². The molecule has 2 aromatic rings. The zero-order valence-corrected chi connectivity index (χ0v) is 20.0. The van der Waals surface area contributed by atoms with Crippen LogP contribution in [0, 0.1) is 5.82 Å². The number of aromatic nitrogens is 1. The number of carboxylic acid groups (broad SMARTS) is 1. The molecule has 1 aliphatic heterocycles. The maximum Gasteiger partial charge on any atom is 0.303 e. The molecule has 3 rings (SSSR count). The Kier molecular flexibility index (Phi) is 10.1. The maximum absolute atomic E-state index is 14.3. The Morgan fingerprint density at radius 1 is 1.18 bits per heavy atom. The summed E-state index contributed by atoms with van der Waals surface area (Å²) < 4.78 is 20.0. The minimum absolute atomic E-state index is 0.0525. The van der Waals surface area contributed by atoms with E-state index in [1.807, 2.05) is 0 Å². The molecule has 0 bridgehead atoms. The average Bonchev–Trinajstić information content (AvgIpc) is 3.51. The third-order valence-electron chi connectivity index (χ3n) is 6.32. The molecule has 1 unspecified atom stereocenters. The van der Waals surface area contributed by atoms with Crippen LogP contribution in [0.4, 0.5) is 4.39 Å². The number of aryl methyl sites for hydroxylation is 1. The van der Waals surface area contributed by atoms with Crippen molar-refractivity contribution in [3.8, 4) is 0 Å². The molecular formula is C26H36FN3O4. The van der Waals surface area contributed by atoms with E-state index in [4.69, 9.17) is 9.52 Å². The molecule has 0 saturated carbocycles. The Balaban J connectivity index is 1.73. The molecule has 0 aliphatic carbocycles. The zero-order valence-electron chi connectivity index (χ0n) is 20.0. The Morgan fingerprint density at radius 3 is 2.65 bits per heavy atom. The Bertz CT molecular complexity index is 940. The fourth-order valence-corrected chi connectivity index (χ4v) is 4.49. The lowest BCUT2D eigenvalue weighted by molar-refractivity contribution is -0.136. The first-order valence-electron chi connectivity index (χ1n) is 12.5. The molecule has 1 saturated heterocycles. The summed E-state index contributed by atoms with van der Waals surface area (Å²) in [5, 5.41) is 12.0. The number of hydrogen-bond donors (Lipinski definition) is 2. The van der Waals surface area contributed by atoms with E-state index in [1.54, 1.807) is 6.07 Å². The van der Waals surface area contributed by atoms with Gasteiger partial charge in [-0.3, -0.25) is 14.5 Å². The van der Waals surface area contributed by atoms with Crippen molar-refractivity contribution in [2.45, 2.75) is 77.2 Å². The van der Waals surface area contributed by atoms with Crippen LogP contribution in [0.25, 0.3) is 0 Å². The summed E-state index contributed by atoms with van der Waals surface area (Å²) in [6, 6.07) is 3.94. The van der Waals surface area contributed by atoms with Crippen LogP contribution in [0.15, 0.2) is 28.9 Å². The van der Waals surface area contributed by atoms with Crippen molar-refractivity contribution in [1.82, 2.24) is 15.2 Å². The summed E-state index contributed by atoms with van der Waals surface area (Å²) >= 11 is 0. The molecule has 1 aliphatic rings. The molecule has 1 fully saturated rings. The van der Waals surface area contributed by atoms with Crippen LogP contribution in [0.1, 0.15) is 98.3 Å². The number of carbonyl (C=O) groups excluding carboxylic acids is 1. The van der Waals surface area contributed by atoms with Crippen molar-refractivity contribution < 1.29 is 23.5 Å². The van der Waals surface area contributed by atoms with Gasteiger partial charge < -0.3 is 14.8 Å². The Labute approximate surface area is 200 Å². The van der Waals surface area contributed by atoms with E-state index in [1.165, 1.54) is 44.1 Å². The molecule has 1 aromatic carbocycles. The molecule has 1 aromatic heterocycles. The molecule has 8 heteroatoms. The van der Waals surface area contributed by atoms with Gasteiger partial charge in [0.05, 0.1) is 0 Å². The molecule has 0 spiro atoms. The van der Waals surface area contributed by atoms with Crippen LogP contribution >= 0.6 is 0 Å². The molecule has 7 nitrogen and oxygen atoms in total. The second-order valence-corrected chi connectivity index (χ2v) is 8.98. The van der Waals surface area contributed by atoms with Gasteiger partial charge in [-0.1, -0.05) is 45.1 Å². The number of carboxylic acids is 1. The predicted octanol–water partition coefficient (Wildman–Crippen LogP) is 5.11. The maximum atomic E-state index is 14.3. The Hall–Kier alpha value is -2.74. The fourth-order valence-electron chi connectivity index (χ4n) is 4.49. The predicted molar refractivity (Wildman–Crippen MR) is 127 cm³/mol. The molecule has 2 N–H and O–H groups in total. The zero-order chi connectivity index (χ0) is 24.3. The summed E-state index contributed by atoms with van der Waals surface area (Å²) in [4.78, 5) is 30.4. The lowest BCUT2D eigenvalue weighted by Gasteiger charge is -2.27. The molecule has 186 valence electrons. The summed E-state index contributed by atoms with van der Waals surface area (Å²) in [6.45, 7) is 4.36. The number of amides is 1. The van der Waals surface area contributed by atoms with Gasteiger partial charge in [0.15, 0.2) is 5.69 Å². The smallest absolute Gasteiger partial charge is 0.303 e. The van der Waals surface area contributed by atoms with Crippen molar-refractivity contribution in [2.75, 3.05) is 19.6 Å². The molecule has 2 heterocycles. The first-order valence-corrected chi connectivity index (χ1v) is 12.5. The van der Waals surface area contributed by atoms with Gasteiger partial charge in [-0.25, -0.2) is 9.37 Å². The van der Waals surface area contributed by atoms with Gasteiger partial charge in [0, 0.05) is 13.0 Å². The number of likely N-dealkylation sites (tertiary alicyclic amines) is 1. The largest absolute Gasteiger partial charge is 0.481 e. The number of nitrogens with one attached hydrogen (secondary N) is 1. The SMILES string of the molecule is CCCCCCCCNC(=O)c1coc(C(c2cc(F)ccc2CCC(=O)O)N2CCCC2)n1. The number of aliphatic carboxylic acids is 1. The highest BCUT2D eigenvalue weighted by molar-refractivity contribution is 5.91. The molecule has 34 heavy (non-hydrogen) atoms. The number of benzene rings is 1. The average molecular weight is 474 g/mol. The van der Waals surface area contributed by atoms with E-state index in [0.29, 0.717) is 18.0 Å². The molecule has 1 amide bonds. The number of nitrogens with zero attached hydrogens (tertiary/aromatic N) is 2. The van der Waals surface area contributed by atoms with E-state index < -0.39 is 17.8 Å². The number of unbranched alkanes of at least 4 members (excludes halogenated alkanes) is 5. The second kappa shape index (κ2) is 13.2. The molecule has 1 atom stereocenters. The van der Waals surface area contributed by atoms with Crippen molar-refractivity contribution in [1.29, 1.82) is 0 Å². The highest BCUT2D eigenvalue weighted by atomic mass is 19.1. The van der Waals surface area contributed by atoms with Gasteiger partial charge in [-0.2, -0.15) is 0 Å². The minimum atomic E-state index is -0.909. The monoisotopic (exact) mass is 473 g/mol. The minimum Gasteiger partial charge on any atom is -0.481 e. The Morgan fingerprint density at radius 2 is 1.91 bits per heavy atom. The van der Waals surface area contributed by atoms with Crippen LogP contribution in [-0.4, -0.2) is 46.5 Å². The first-order chi connectivity index (χ1) is 16.5. The van der Waals surface area contributed by atoms with Crippen LogP contribution in [0.3, 0.4) is 0 Å². The highest BCUT2D eigenvalue weighted by Gasteiger charge is 2.31. The van der Waals surface area contributed by atoms with Gasteiger partial charge in [-0.05, 0) is 62.0 Å². The number of rotatable bonds is 14. The van der Waals surface area contributed by atoms with E-state index in [2.05, 4.69) is 22.1 Å². The van der Waals surface area contributed by atoms with Gasteiger partial charge >= 0.3 is 5.97 Å². The van der Waals surface area contributed by atoms with Crippen LogP contribution < -0.4 is 5.32 Å². The lowest BCUT2D eigenvalue weighted by Crippen LogP contribution is -2.28. The number of oxazole rings is 1. The van der Waals surface area contributed by atoms with Gasteiger partial charge in [0.25, 0.3) is 5.91 Å². The summed E-state index contributed by atoms with van der Waals surface area (Å²) in [5.74, 6) is -1.27. The summed E-state index contributed by atoms with van der Waals surface area (Å²) in [5.41, 5.74) is 1.59. The lowest BCUT2D eigenvalue weighted by atomic mass is 9.95. The highest BCUT2D eigenvalue weighted by Crippen LogP contribution is 2.34. The standard InChI is InChI=1S/C26H36FN3O4/c1-2-3-4-5-6-7-14-28-25(33)22-18-34-26(29-22)24(30-15-8-9-16-30)21-17-20(27)12-10-19(21)11-13-23(31)32/h10,12,17-18,24H,2-9,11,13-16H2,1H3,(H,28,33)(H,31,32). The first kappa shape index (κ1) is 25.9. The van der Waals surface area contributed by atoms with Crippen molar-refractivity contribution in [3.63, 3.8) is 0 Å². The van der Waals surface area contributed by atoms with Crippen LogP contribution in [0.2, 0.25) is 0 Å². The number of hydrogen-bond acceptors (Lipinski definition) is 5. The summed E-state index contributed by atoms with van der Waals surface area (Å²) in [7, 11) is 0. The molecule has 0 radical (unpaired) electrons.